The number of nitrogens with one attached hydrogen (secondary N) is 2. The summed E-state index contributed by atoms with van der Waals surface area (Å²) in [5.74, 6) is -0.977. The van der Waals surface area contributed by atoms with E-state index in [4.69, 9.17) is 9.52 Å². The number of benzene rings is 1. The largest absolute Gasteiger partial charge is 0.468 e. The summed E-state index contributed by atoms with van der Waals surface area (Å²) in [6.07, 6.45) is 1.98. The zero-order chi connectivity index (χ0) is 21.3. The maximum absolute atomic E-state index is 13.2. The van der Waals surface area contributed by atoms with Gasteiger partial charge in [0.1, 0.15) is 11.6 Å². The topological polar surface area (TPSA) is 98.0 Å². The molecule has 2 amide bonds. The maximum atomic E-state index is 13.2. The van der Waals surface area contributed by atoms with E-state index in [0.717, 1.165) is 31.9 Å². The van der Waals surface area contributed by atoms with Gasteiger partial charge >= 0.3 is 11.8 Å². The first kappa shape index (κ1) is 21.8. The van der Waals surface area contributed by atoms with Crippen molar-refractivity contribution >= 4 is 17.5 Å². The molecule has 0 saturated carbocycles. The molecule has 2 heterocycles. The SMILES string of the molecule is O=C(NCCCO)C(=O)NC[C@@H](c1ccco1)N1CCN(c2ccc(F)cc2)CC1. The first-order valence-electron chi connectivity index (χ1n) is 10.0. The van der Waals surface area contributed by atoms with Crippen molar-refractivity contribution in [3.05, 3.63) is 54.2 Å². The maximum Gasteiger partial charge on any atom is 0.309 e. The molecule has 0 unspecified atom stereocenters. The van der Waals surface area contributed by atoms with Gasteiger partial charge < -0.3 is 25.1 Å². The highest BCUT2D eigenvalue weighted by molar-refractivity contribution is 6.35. The Morgan fingerprint density at radius 1 is 1.07 bits per heavy atom. The van der Waals surface area contributed by atoms with Crippen molar-refractivity contribution < 1.29 is 23.5 Å². The third-order valence-corrected chi connectivity index (χ3v) is 5.10. The number of piperazine rings is 1. The third kappa shape index (κ3) is 5.80. The van der Waals surface area contributed by atoms with Crippen LogP contribution >= 0.6 is 0 Å². The molecule has 1 aromatic carbocycles. The molecule has 0 aliphatic carbocycles. The lowest BCUT2D eigenvalue weighted by Gasteiger charge is -2.39. The Labute approximate surface area is 174 Å². The van der Waals surface area contributed by atoms with Gasteiger partial charge in [-0.05, 0) is 42.8 Å². The molecule has 3 rings (SSSR count). The number of furan rings is 1. The summed E-state index contributed by atoms with van der Waals surface area (Å²) in [6, 6.07) is 9.88. The summed E-state index contributed by atoms with van der Waals surface area (Å²) in [5, 5.41) is 13.9. The van der Waals surface area contributed by atoms with Gasteiger partial charge in [-0.15, -0.1) is 0 Å². The van der Waals surface area contributed by atoms with Crippen molar-refractivity contribution in [3.8, 4) is 0 Å². The van der Waals surface area contributed by atoms with Gasteiger partial charge in [-0.3, -0.25) is 14.5 Å². The minimum atomic E-state index is -0.720. The molecule has 0 bridgehead atoms. The Hall–Kier alpha value is -2.91. The Morgan fingerprint density at radius 2 is 1.77 bits per heavy atom. The first-order valence-corrected chi connectivity index (χ1v) is 10.0. The van der Waals surface area contributed by atoms with Crippen LogP contribution in [0.1, 0.15) is 18.2 Å². The van der Waals surface area contributed by atoms with E-state index in [1.807, 2.05) is 6.07 Å². The lowest BCUT2D eigenvalue weighted by Crippen LogP contribution is -2.50. The minimum Gasteiger partial charge on any atom is -0.468 e. The predicted octanol–water partition coefficient (Wildman–Crippen LogP) is 0.897. The second kappa shape index (κ2) is 10.7. The molecule has 1 fully saturated rings. The zero-order valence-electron chi connectivity index (χ0n) is 16.7. The fraction of sp³-hybridized carbons (Fsp3) is 0.429. The van der Waals surface area contributed by atoms with Crippen LogP contribution in [0.4, 0.5) is 10.1 Å². The van der Waals surface area contributed by atoms with Crippen molar-refractivity contribution in [2.24, 2.45) is 0 Å². The van der Waals surface area contributed by atoms with Crippen molar-refractivity contribution in [2.45, 2.75) is 12.5 Å². The van der Waals surface area contributed by atoms with Crippen LogP contribution in [-0.2, 0) is 9.59 Å². The molecule has 1 aliphatic rings. The molecule has 1 atom stereocenters. The van der Waals surface area contributed by atoms with Crippen LogP contribution in [0, 0.1) is 5.82 Å². The molecule has 30 heavy (non-hydrogen) atoms. The second-order valence-corrected chi connectivity index (χ2v) is 7.07. The van der Waals surface area contributed by atoms with Gasteiger partial charge in [-0.2, -0.15) is 0 Å². The van der Waals surface area contributed by atoms with E-state index < -0.39 is 11.8 Å². The number of carbonyl (C=O) groups excluding carboxylic acids is 2. The molecule has 3 N–H and O–H groups in total. The molecule has 1 saturated heterocycles. The number of anilines is 1. The van der Waals surface area contributed by atoms with Crippen molar-refractivity contribution in [1.29, 1.82) is 0 Å². The number of aliphatic hydroxyl groups excluding tert-OH is 1. The Morgan fingerprint density at radius 3 is 2.40 bits per heavy atom. The molecule has 0 radical (unpaired) electrons. The van der Waals surface area contributed by atoms with Crippen molar-refractivity contribution in [3.63, 3.8) is 0 Å². The second-order valence-electron chi connectivity index (χ2n) is 7.07. The molecular formula is C21H27FN4O4. The van der Waals surface area contributed by atoms with Crippen LogP contribution in [0.5, 0.6) is 0 Å². The summed E-state index contributed by atoms with van der Waals surface area (Å²) < 4.78 is 18.7. The highest BCUT2D eigenvalue weighted by Gasteiger charge is 2.28. The van der Waals surface area contributed by atoms with Crippen molar-refractivity contribution in [1.82, 2.24) is 15.5 Å². The van der Waals surface area contributed by atoms with Gasteiger partial charge in [0.15, 0.2) is 0 Å². The van der Waals surface area contributed by atoms with Crippen LogP contribution in [0.15, 0.2) is 47.1 Å². The van der Waals surface area contributed by atoms with E-state index in [-0.39, 0.29) is 31.6 Å². The highest BCUT2D eigenvalue weighted by Crippen LogP contribution is 2.24. The van der Waals surface area contributed by atoms with Gasteiger partial charge in [0.2, 0.25) is 0 Å². The predicted molar refractivity (Wildman–Crippen MR) is 109 cm³/mol. The first-order chi connectivity index (χ1) is 14.6. The molecule has 2 aromatic rings. The normalized spacial score (nSPS) is 15.6. The van der Waals surface area contributed by atoms with Gasteiger partial charge in [-0.25, -0.2) is 4.39 Å². The van der Waals surface area contributed by atoms with Gasteiger partial charge in [-0.1, -0.05) is 0 Å². The zero-order valence-corrected chi connectivity index (χ0v) is 16.7. The standard InChI is InChI=1S/C21H27FN4O4/c22-16-4-6-17(7-5-16)25-9-11-26(12-10-25)18(19-3-1-14-30-19)15-24-21(29)20(28)23-8-2-13-27/h1,3-7,14,18,27H,2,8-13,15H2,(H,23,28)(H,24,29)/t18-/m0/s1. The number of rotatable bonds is 8. The van der Waals surface area contributed by atoms with E-state index in [9.17, 15) is 14.0 Å². The number of hydrogen-bond acceptors (Lipinski definition) is 6. The average Bonchev–Trinajstić information content (AvgIpc) is 3.29. The lowest BCUT2D eigenvalue weighted by atomic mass is 10.1. The Kier molecular flexibility index (Phi) is 7.81. The molecule has 1 aromatic heterocycles. The van der Waals surface area contributed by atoms with Gasteiger partial charge in [0.05, 0.1) is 12.3 Å². The molecule has 162 valence electrons. The summed E-state index contributed by atoms with van der Waals surface area (Å²) in [5.41, 5.74) is 0.971. The summed E-state index contributed by atoms with van der Waals surface area (Å²) in [4.78, 5) is 28.3. The number of carbonyl (C=O) groups is 2. The fourth-order valence-corrected chi connectivity index (χ4v) is 3.47. The van der Waals surface area contributed by atoms with Crippen LogP contribution < -0.4 is 15.5 Å². The molecule has 9 heteroatoms. The number of hydrogen-bond donors (Lipinski definition) is 3. The number of amides is 2. The minimum absolute atomic E-state index is 0.0492. The average molecular weight is 418 g/mol. The molecule has 0 spiro atoms. The fourth-order valence-electron chi connectivity index (χ4n) is 3.47. The summed E-state index contributed by atoms with van der Waals surface area (Å²) >= 11 is 0. The van der Waals surface area contributed by atoms with Crippen LogP contribution in [0.2, 0.25) is 0 Å². The highest BCUT2D eigenvalue weighted by atomic mass is 19.1. The lowest BCUT2D eigenvalue weighted by molar-refractivity contribution is -0.139. The van der Waals surface area contributed by atoms with Crippen LogP contribution in [-0.4, -0.2) is 67.7 Å². The van der Waals surface area contributed by atoms with Crippen LogP contribution in [0.3, 0.4) is 0 Å². The molecular weight excluding hydrogens is 391 g/mol. The van der Waals surface area contributed by atoms with Crippen LogP contribution in [0.25, 0.3) is 0 Å². The summed E-state index contributed by atoms with van der Waals surface area (Å²) in [6.45, 7) is 3.37. The van der Waals surface area contributed by atoms with E-state index in [2.05, 4.69) is 20.4 Å². The quantitative estimate of drug-likeness (QED) is 0.435. The molecule has 1 aliphatic heterocycles. The third-order valence-electron chi connectivity index (χ3n) is 5.10. The number of nitrogens with zero attached hydrogens (tertiary/aromatic N) is 2. The van der Waals surface area contributed by atoms with Crippen molar-refractivity contribution in [2.75, 3.05) is 50.8 Å². The monoisotopic (exact) mass is 418 g/mol. The number of aliphatic hydroxyl groups is 1. The van der Waals surface area contributed by atoms with Gasteiger partial charge in [0, 0.05) is 51.6 Å². The summed E-state index contributed by atoms with van der Waals surface area (Å²) in [7, 11) is 0. The number of halogens is 1. The van der Waals surface area contributed by atoms with E-state index in [1.165, 1.54) is 12.1 Å². The van der Waals surface area contributed by atoms with Gasteiger partial charge in [0.25, 0.3) is 0 Å². The van der Waals surface area contributed by atoms with E-state index >= 15 is 0 Å². The Bertz CT molecular complexity index is 805. The van der Waals surface area contributed by atoms with E-state index in [1.54, 1.807) is 24.5 Å². The smallest absolute Gasteiger partial charge is 0.309 e. The van der Waals surface area contributed by atoms with E-state index in [0.29, 0.717) is 12.2 Å². The Balaban J connectivity index is 1.56. The molecule has 8 nitrogen and oxygen atoms in total.